The van der Waals surface area contributed by atoms with E-state index in [1.54, 1.807) is 65.9 Å². The molecule has 1 N–H and O–H groups in total. The van der Waals surface area contributed by atoms with E-state index in [1.807, 2.05) is 0 Å². The van der Waals surface area contributed by atoms with Crippen LogP contribution in [0, 0.1) is 5.82 Å². The molecule has 0 spiro atoms. The van der Waals surface area contributed by atoms with E-state index in [1.165, 1.54) is 27.1 Å². The molecule has 0 radical (unpaired) electrons. The van der Waals surface area contributed by atoms with Crippen molar-refractivity contribution in [2.24, 2.45) is 0 Å². The van der Waals surface area contributed by atoms with Gasteiger partial charge in [0.05, 0.1) is 10.4 Å². The van der Waals surface area contributed by atoms with Gasteiger partial charge in [0.2, 0.25) is 10.0 Å². The Morgan fingerprint density at radius 2 is 1.68 bits per heavy atom. The van der Waals surface area contributed by atoms with Crippen molar-refractivity contribution < 1.29 is 31.9 Å². The van der Waals surface area contributed by atoms with Crippen LogP contribution in [-0.4, -0.2) is 53.8 Å². The van der Waals surface area contributed by atoms with Crippen LogP contribution in [0.25, 0.3) is 22.0 Å². The van der Waals surface area contributed by atoms with Crippen LogP contribution in [0.4, 0.5) is 14.0 Å². The number of benzene rings is 2. The van der Waals surface area contributed by atoms with Gasteiger partial charge in [0, 0.05) is 36.8 Å². The van der Waals surface area contributed by atoms with Gasteiger partial charge in [0.15, 0.2) is 0 Å². The Hall–Kier alpha value is -3.44. The number of hydrogen-bond donors (Lipinski definition) is 1. The number of nitrogens with zero attached hydrogens (tertiary/aromatic N) is 2. The molecule has 1 aliphatic heterocycles. The van der Waals surface area contributed by atoms with Gasteiger partial charge in [-0.05, 0) is 83.0 Å². The van der Waals surface area contributed by atoms with E-state index in [0.29, 0.717) is 27.6 Å². The van der Waals surface area contributed by atoms with E-state index in [4.69, 9.17) is 9.47 Å². The Balaban J connectivity index is 1.61. The van der Waals surface area contributed by atoms with Gasteiger partial charge in [-0.1, -0.05) is 6.07 Å². The summed E-state index contributed by atoms with van der Waals surface area (Å²) in [4.78, 5) is 25.0. The first-order valence-corrected chi connectivity index (χ1v) is 13.6. The van der Waals surface area contributed by atoms with Gasteiger partial charge in [0.25, 0.3) is 0 Å². The van der Waals surface area contributed by atoms with E-state index in [9.17, 15) is 22.4 Å². The molecule has 1 aromatic heterocycles. The van der Waals surface area contributed by atoms with Crippen LogP contribution in [0.3, 0.4) is 0 Å². The quantitative estimate of drug-likeness (QED) is 0.479. The molecular formula is C27H32FN3O6S. The third-order valence-corrected chi connectivity index (χ3v) is 7.67. The van der Waals surface area contributed by atoms with E-state index >= 15 is 0 Å². The van der Waals surface area contributed by atoms with Crippen molar-refractivity contribution in [3.63, 3.8) is 0 Å². The summed E-state index contributed by atoms with van der Waals surface area (Å²) in [6, 6.07) is 9.10. The zero-order valence-corrected chi connectivity index (χ0v) is 23.1. The number of fused-ring (bicyclic) bond motifs is 2. The average molecular weight is 546 g/mol. The van der Waals surface area contributed by atoms with Crippen molar-refractivity contribution in [3.8, 4) is 11.1 Å². The van der Waals surface area contributed by atoms with E-state index in [-0.39, 0.29) is 24.5 Å². The Bertz CT molecular complexity index is 1520. The lowest BCUT2D eigenvalue weighted by molar-refractivity contribution is 0.0520. The summed E-state index contributed by atoms with van der Waals surface area (Å²) < 4.78 is 53.5. The molecule has 0 aliphatic carbocycles. The van der Waals surface area contributed by atoms with Gasteiger partial charge in [-0.15, -0.1) is 0 Å². The Morgan fingerprint density at radius 1 is 1.00 bits per heavy atom. The summed E-state index contributed by atoms with van der Waals surface area (Å²) in [5.41, 5.74) is 0.833. The molecule has 9 nitrogen and oxygen atoms in total. The molecule has 2 aromatic carbocycles. The summed E-state index contributed by atoms with van der Waals surface area (Å²) in [5.74, 6) is -0.498. The number of rotatable bonds is 4. The van der Waals surface area contributed by atoms with Crippen LogP contribution in [0.15, 0.2) is 47.5 Å². The maximum atomic E-state index is 14.1. The number of carbonyl (C=O) groups is 2. The Morgan fingerprint density at radius 3 is 2.34 bits per heavy atom. The van der Waals surface area contributed by atoms with Gasteiger partial charge >= 0.3 is 12.2 Å². The number of nitrogens with one attached hydrogen (secondary N) is 1. The van der Waals surface area contributed by atoms with Crippen molar-refractivity contribution in [2.45, 2.75) is 64.2 Å². The smallest absolute Gasteiger partial charge is 0.419 e. The summed E-state index contributed by atoms with van der Waals surface area (Å²) in [6.45, 7) is 10.7. The number of ether oxygens (including phenoxy) is 2. The first-order valence-electron chi connectivity index (χ1n) is 12.2. The van der Waals surface area contributed by atoms with Crippen molar-refractivity contribution in [1.29, 1.82) is 0 Å². The predicted octanol–water partition coefficient (Wildman–Crippen LogP) is 5.26. The lowest BCUT2D eigenvalue weighted by Gasteiger charge is -2.20. The molecule has 11 heteroatoms. The molecule has 0 bridgehead atoms. The highest BCUT2D eigenvalue weighted by Crippen LogP contribution is 2.37. The fourth-order valence-electron chi connectivity index (χ4n) is 4.22. The maximum Gasteiger partial charge on any atom is 0.419 e. The number of amides is 1. The Kier molecular flexibility index (Phi) is 7.04. The fourth-order valence-corrected chi connectivity index (χ4v) is 5.84. The molecular weight excluding hydrogens is 513 g/mol. The molecule has 0 fully saturated rings. The molecule has 0 atom stereocenters. The third-order valence-electron chi connectivity index (χ3n) is 5.72. The number of hydrogen-bond acceptors (Lipinski definition) is 6. The summed E-state index contributed by atoms with van der Waals surface area (Å²) in [6.07, 6.45) is 0.310. The van der Waals surface area contributed by atoms with Crippen molar-refractivity contribution in [3.05, 3.63) is 54.0 Å². The second-order valence-corrected chi connectivity index (χ2v) is 13.1. The van der Waals surface area contributed by atoms with Gasteiger partial charge in [0.1, 0.15) is 17.0 Å². The maximum absolute atomic E-state index is 14.1. The predicted molar refractivity (Wildman–Crippen MR) is 141 cm³/mol. The highest BCUT2D eigenvalue weighted by Gasteiger charge is 2.35. The van der Waals surface area contributed by atoms with E-state index in [0.717, 1.165) is 0 Å². The minimum absolute atomic E-state index is 0.0722. The zero-order valence-electron chi connectivity index (χ0n) is 22.3. The van der Waals surface area contributed by atoms with Crippen LogP contribution >= 0.6 is 0 Å². The standard InChI is InChI=1S/C27H32FN3O6S/c1-26(2,3)36-24(32)29-11-12-30-15-18-13-17(7-10-23(18)38(30,34)35)21-16-31(25(33)37-27(4,5)6)22-14-19(28)8-9-20(21)22/h7-10,13-14,16H,11-12,15H2,1-6H3,(H,29,32). The molecule has 0 saturated carbocycles. The molecule has 4 rings (SSSR count). The second-order valence-electron chi connectivity index (χ2n) is 11.1. The highest BCUT2D eigenvalue weighted by molar-refractivity contribution is 7.89. The van der Waals surface area contributed by atoms with Crippen LogP contribution < -0.4 is 5.32 Å². The normalized spacial score (nSPS) is 15.3. The molecule has 38 heavy (non-hydrogen) atoms. The van der Waals surface area contributed by atoms with Crippen molar-refractivity contribution in [2.75, 3.05) is 13.1 Å². The van der Waals surface area contributed by atoms with Crippen molar-refractivity contribution >= 4 is 33.1 Å². The number of carbonyl (C=O) groups excluding carboxylic acids is 2. The fraction of sp³-hybridized carbons (Fsp3) is 0.407. The van der Waals surface area contributed by atoms with Gasteiger partial charge in [-0.25, -0.2) is 22.4 Å². The lowest BCUT2D eigenvalue weighted by atomic mass is 10.0. The molecule has 1 amide bonds. The van der Waals surface area contributed by atoms with Crippen LogP contribution in [0.2, 0.25) is 0 Å². The largest absolute Gasteiger partial charge is 0.444 e. The van der Waals surface area contributed by atoms with Crippen LogP contribution in [0.1, 0.15) is 47.1 Å². The van der Waals surface area contributed by atoms with Crippen LogP contribution in [-0.2, 0) is 26.0 Å². The average Bonchev–Trinajstić information content (AvgIpc) is 3.25. The van der Waals surface area contributed by atoms with Crippen molar-refractivity contribution in [1.82, 2.24) is 14.2 Å². The number of aromatic nitrogens is 1. The molecule has 0 unspecified atom stereocenters. The van der Waals surface area contributed by atoms with E-state index < -0.39 is 39.2 Å². The van der Waals surface area contributed by atoms with E-state index in [2.05, 4.69) is 5.32 Å². The molecule has 204 valence electrons. The molecule has 0 saturated heterocycles. The molecule has 3 aromatic rings. The molecule has 2 heterocycles. The first kappa shape index (κ1) is 27.6. The highest BCUT2D eigenvalue weighted by atomic mass is 32.2. The number of sulfonamides is 1. The van der Waals surface area contributed by atoms with Gasteiger partial charge < -0.3 is 14.8 Å². The van der Waals surface area contributed by atoms with Gasteiger partial charge in [-0.2, -0.15) is 4.31 Å². The second kappa shape index (κ2) is 9.70. The van der Waals surface area contributed by atoms with Gasteiger partial charge in [-0.3, -0.25) is 4.57 Å². The topological polar surface area (TPSA) is 107 Å². The summed E-state index contributed by atoms with van der Waals surface area (Å²) >= 11 is 0. The van der Waals surface area contributed by atoms with Crippen LogP contribution in [0.5, 0.6) is 0 Å². The monoisotopic (exact) mass is 545 g/mol. The SMILES string of the molecule is CC(C)(C)OC(=O)NCCN1Cc2cc(-c3cn(C(=O)OC(C)(C)C)c4cc(F)ccc34)ccc2S1(=O)=O. The number of alkyl carbamates (subject to hydrolysis) is 1. The first-order chi connectivity index (χ1) is 17.5. The number of halogens is 1. The molecule has 1 aliphatic rings. The Labute approximate surface area is 221 Å². The minimum Gasteiger partial charge on any atom is -0.444 e. The lowest BCUT2D eigenvalue weighted by Crippen LogP contribution is -2.38. The summed E-state index contributed by atoms with van der Waals surface area (Å²) in [7, 11) is -3.74. The zero-order chi connectivity index (χ0) is 28.0. The minimum atomic E-state index is -3.74. The third kappa shape index (κ3) is 5.83. The summed E-state index contributed by atoms with van der Waals surface area (Å²) in [5, 5.41) is 3.20.